The molecule has 2 aromatic carbocycles. The summed E-state index contributed by atoms with van der Waals surface area (Å²) >= 11 is 0. The van der Waals surface area contributed by atoms with Gasteiger partial charge in [0.15, 0.2) is 0 Å². The van der Waals surface area contributed by atoms with Gasteiger partial charge < -0.3 is 15.4 Å². The van der Waals surface area contributed by atoms with Crippen molar-refractivity contribution in [2.75, 3.05) is 17.7 Å². The van der Waals surface area contributed by atoms with Crippen molar-refractivity contribution >= 4 is 17.3 Å². The molecule has 0 saturated carbocycles. The fraction of sp³-hybridized carbons (Fsp3) is 0.200. The second-order valence-corrected chi connectivity index (χ2v) is 5.72. The third-order valence-corrected chi connectivity index (χ3v) is 3.94. The molecule has 128 valence electrons. The van der Waals surface area contributed by atoms with Gasteiger partial charge in [0.2, 0.25) is 0 Å². The van der Waals surface area contributed by atoms with E-state index in [1.54, 1.807) is 12.1 Å². The van der Waals surface area contributed by atoms with E-state index < -0.39 is 5.91 Å². The van der Waals surface area contributed by atoms with Crippen molar-refractivity contribution in [1.29, 1.82) is 5.26 Å². The molecule has 0 aliphatic carbocycles. The summed E-state index contributed by atoms with van der Waals surface area (Å²) < 4.78 is 5.24. The molecular weight excluding hydrogens is 314 g/mol. The molecule has 2 N–H and O–H groups in total. The first kappa shape index (κ1) is 18.1. The predicted molar refractivity (Wildman–Crippen MR) is 99.6 cm³/mol. The number of carbonyl (C=O) groups excluding carboxylic acids is 1. The van der Waals surface area contributed by atoms with Crippen molar-refractivity contribution < 1.29 is 9.53 Å². The van der Waals surface area contributed by atoms with Gasteiger partial charge in [0.05, 0.1) is 12.8 Å². The van der Waals surface area contributed by atoms with Gasteiger partial charge in [-0.1, -0.05) is 18.2 Å². The lowest BCUT2D eigenvalue weighted by Gasteiger charge is -2.11. The van der Waals surface area contributed by atoms with Crippen LogP contribution in [-0.2, 0) is 4.79 Å². The topological polar surface area (TPSA) is 74.1 Å². The Morgan fingerprint density at radius 3 is 2.60 bits per heavy atom. The van der Waals surface area contributed by atoms with E-state index in [9.17, 15) is 10.1 Å². The second-order valence-electron chi connectivity index (χ2n) is 5.72. The number of ether oxygens (including phenoxy) is 1. The standard InChI is InChI=1S/C20H21N3O2/c1-13-8-9-19(25-4)18(10-13)23-20(24)16(11-21)12-22-17-7-5-6-14(2)15(17)3/h5-10,12,22H,1-4H3,(H,23,24)/b16-12-. The number of nitrogens with one attached hydrogen (secondary N) is 2. The molecule has 5 heteroatoms. The van der Waals surface area contributed by atoms with Crippen molar-refractivity contribution in [3.05, 3.63) is 64.9 Å². The number of carbonyl (C=O) groups is 1. The summed E-state index contributed by atoms with van der Waals surface area (Å²) in [5.41, 5.74) is 4.54. The molecule has 0 spiro atoms. The van der Waals surface area contributed by atoms with Crippen molar-refractivity contribution in [3.8, 4) is 11.8 Å². The van der Waals surface area contributed by atoms with Gasteiger partial charge in [0, 0.05) is 11.9 Å². The first-order valence-corrected chi connectivity index (χ1v) is 7.85. The minimum atomic E-state index is -0.496. The van der Waals surface area contributed by atoms with Gasteiger partial charge in [-0.2, -0.15) is 5.26 Å². The van der Waals surface area contributed by atoms with Crippen LogP contribution in [0.15, 0.2) is 48.2 Å². The van der Waals surface area contributed by atoms with Crippen LogP contribution in [0.5, 0.6) is 5.75 Å². The maximum absolute atomic E-state index is 12.4. The van der Waals surface area contributed by atoms with Gasteiger partial charge in [0.1, 0.15) is 17.4 Å². The molecule has 0 fully saturated rings. The van der Waals surface area contributed by atoms with Crippen LogP contribution in [0.3, 0.4) is 0 Å². The molecule has 25 heavy (non-hydrogen) atoms. The lowest BCUT2D eigenvalue weighted by atomic mass is 10.1. The quantitative estimate of drug-likeness (QED) is 0.638. The first-order chi connectivity index (χ1) is 12.0. The Labute approximate surface area is 147 Å². The molecule has 0 saturated heterocycles. The van der Waals surface area contributed by atoms with Crippen LogP contribution in [-0.4, -0.2) is 13.0 Å². The number of amides is 1. The molecule has 0 bridgehead atoms. The van der Waals surface area contributed by atoms with E-state index in [-0.39, 0.29) is 5.57 Å². The van der Waals surface area contributed by atoms with Crippen LogP contribution >= 0.6 is 0 Å². The van der Waals surface area contributed by atoms with Gasteiger partial charge in [-0.3, -0.25) is 4.79 Å². The summed E-state index contributed by atoms with van der Waals surface area (Å²) in [7, 11) is 1.53. The summed E-state index contributed by atoms with van der Waals surface area (Å²) in [5.74, 6) is 0.0444. The molecule has 0 atom stereocenters. The zero-order valence-corrected chi connectivity index (χ0v) is 14.8. The van der Waals surface area contributed by atoms with E-state index >= 15 is 0 Å². The number of methoxy groups -OCH3 is 1. The zero-order valence-electron chi connectivity index (χ0n) is 14.8. The highest BCUT2D eigenvalue weighted by molar-refractivity contribution is 6.07. The van der Waals surface area contributed by atoms with Crippen LogP contribution in [0.1, 0.15) is 16.7 Å². The first-order valence-electron chi connectivity index (χ1n) is 7.85. The van der Waals surface area contributed by atoms with E-state index in [1.165, 1.54) is 13.3 Å². The molecule has 0 radical (unpaired) electrons. The molecule has 0 heterocycles. The predicted octanol–water partition coefficient (Wildman–Crippen LogP) is 4.08. The Balaban J connectivity index is 2.20. The average molecular weight is 335 g/mol. The molecule has 5 nitrogen and oxygen atoms in total. The SMILES string of the molecule is COc1ccc(C)cc1NC(=O)/C(C#N)=C\Nc1cccc(C)c1C. The number of nitrogens with zero attached hydrogens (tertiary/aromatic N) is 1. The van der Waals surface area contributed by atoms with E-state index in [2.05, 4.69) is 10.6 Å². The number of aryl methyl sites for hydroxylation is 2. The molecule has 2 aromatic rings. The van der Waals surface area contributed by atoms with E-state index in [4.69, 9.17) is 4.74 Å². The number of nitriles is 1. The number of anilines is 2. The van der Waals surface area contributed by atoms with E-state index in [0.29, 0.717) is 11.4 Å². The number of hydrogen-bond acceptors (Lipinski definition) is 4. The van der Waals surface area contributed by atoms with E-state index in [0.717, 1.165) is 22.4 Å². The Morgan fingerprint density at radius 2 is 1.92 bits per heavy atom. The van der Waals surface area contributed by atoms with Crippen molar-refractivity contribution in [2.45, 2.75) is 20.8 Å². The van der Waals surface area contributed by atoms with Gasteiger partial charge in [-0.05, 0) is 55.7 Å². The minimum Gasteiger partial charge on any atom is -0.495 e. The third-order valence-electron chi connectivity index (χ3n) is 3.94. The van der Waals surface area contributed by atoms with Gasteiger partial charge >= 0.3 is 0 Å². The van der Waals surface area contributed by atoms with Crippen LogP contribution in [0.25, 0.3) is 0 Å². The summed E-state index contributed by atoms with van der Waals surface area (Å²) in [5, 5.41) is 15.1. The fourth-order valence-corrected chi connectivity index (χ4v) is 2.32. The molecule has 0 aromatic heterocycles. The Kier molecular flexibility index (Phi) is 5.80. The smallest absolute Gasteiger partial charge is 0.267 e. The van der Waals surface area contributed by atoms with Crippen LogP contribution in [0.4, 0.5) is 11.4 Å². The lowest BCUT2D eigenvalue weighted by Crippen LogP contribution is -2.15. The maximum atomic E-state index is 12.4. The Morgan fingerprint density at radius 1 is 1.16 bits per heavy atom. The summed E-state index contributed by atoms with van der Waals surface area (Å²) in [6, 6.07) is 13.2. The van der Waals surface area contributed by atoms with Crippen LogP contribution in [0.2, 0.25) is 0 Å². The zero-order chi connectivity index (χ0) is 18.4. The highest BCUT2D eigenvalue weighted by Crippen LogP contribution is 2.25. The normalized spacial score (nSPS) is 10.8. The number of hydrogen-bond donors (Lipinski definition) is 2. The third kappa shape index (κ3) is 4.39. The van der Waals surface area contributed by atoms with Crippen LogP contribution < -0.4 is 15.4 Å². The molecule has 0 aliphatic rings. The van der Waals surface area contributed by atoms with E-state index in [1.807, 2.05) is 51.1 Å². The van der Waals surface area contributed by atoms with Crippen molar-refractivity contribution in [1.82, 2.24) is 0 Å². The lowest BCUT2D eigenvalue weighted by molar-refractivity contribution is -0.112. The Hall–Kier alpha value is -3.26. The van der Waals surface area contributed by atoms with Crippen molar-refractivity contribution in [3.63, 3.8) is 0 Å². The maximum Gasteiger partial charge on any atom is 0.267 e. The molecular formula is C20H21N3O2. The largest absolute Gasteiger partial charge is 0.495 e. The van der Waals surface area contributed by atoms with Gasteiger partial charge in [0.25, 0.3) is 5.91 Å². The molecule has 0 unspecified atom stereocenters. The highest BCUT2D eigenvalue weighted by Gasteiger charge is 2.12. The Bertz CT molecular complexity index is 864. The molecule has 0 aliphatic heterocycles. The average Bonchev–Trinajstić information content (AvgIpc) is 2.59. The molecule has 1 amide bonds. The van der Waals surface area contributed by atoms with Crippen molar-refractivity contribution in [2.24, 2.45) is 0 Å². The highest BCUT2D eigenvalue weighted by atomic mass is 16.5. The van der Waals surface area contributed by atoms with Crippen LogP contribution in [0, 0.1) is 32.1 Å². The summed E-state index contributed by atoms with van der Waals surface area (Å²) in [6.07, 6.45) is 1.42. The molecule has 2 rings (SSSR count). The summed E-state index contributed by atoms with van der Waals surface area (Å²) in [4.78, 5) is 12.4. The fourth-order valence-electron chi connectivity index (χ4n) is 2.32. The van der Waals surface area contributed by atoms with Gasteiger partial charge in [-0.15, -0.1) is 0 Å². The second kappa shape index (κ2) is 8.02. The number of benzene rings is 2. The van der Waals surface area contributed by atoms with Gasteiger partial charge in [-0.25, -0.2) is 0 Å². The monoisotopic (exact) mass is 335 g/mol. The number of rotatable bonds is 5. The summed E-state index contributed by atoms with van der Waals surface area (Å²) in [6.45, 7) is 5.90. The minimum absolute atomic E-state index is 0.0236.